The van der Waals surface area contributed by atoms with Crippen molar-refractivity contribution < 1.29 is 14.3 Å². The predicted octanol–water partition coefficient (Wildman–Crippen LogP) is 1.80. The van der Waals surface area contributed by atoms with Crippen molar-refractivity contribution >= 4 is 29.3 Å². The molecular formula is C18H19N3O4S. The number of aromatic amines is 1. The molecule has 0 unspecified atom stereocenters. The van der Waals surface area contributed by atoms with Gasteiger partial charge in [-0.2, -0.15) is 0 Å². The van der Waals surface area contributed by atoms with E-state index in [-0.39, 0.29) is 28.8 Å². The number of hydrogen-bond acceptors (Lipinski definition) is 6. The Bertz CT molecular complexity index is 836. The number of thioether (sulfide) groups is 1. The second kappa shape index (κ2) is 9.57. The zero-order valence-corrected chi connectivity index (χ0v) is 15.1. The van der Waals surface area contributed by atoms with Gasteiger partial charge in [-0.25, -0.2) is 4.98 Å². The van der Waals surface area contributed by atoms with Crippen LogP contribution in [0.15, 0.2) is 59.0 Å². The number of carbonyl (C=O) groups excluding carboxylic acids is 2. The topological polar surface area (TPSA) is 92.4 Å². The van der Waals surface area contributed by atoms with Crippen LogP contribution >= 0.6 is 11.8 Å². The van der Waals surface area contributed by atoms with Crippen LogP contribution in [0.1, 0.15) is 5.69 Å². The molecule has 0 bridgehead atoms. The third kappa shape index (κ3) is 5.59. The molecule has 0 saturated carbocycles. The van der Waals surface area contributed by atoms with Gasteiger partial charge in [-0.05, 0) is 12.1 Å². The highest BCUT2D eigenvalue weighted by atomic mass is 32.2. The second-order valence-electron chi connectivity index (χ2n) is 5.21. The van der Waals surface area contributed by atoms with E-state index in [1.54, 1.807) is 11.0 Å². The zero-order chi connectivity index (χ0) is 18.9. The molecule has 1 N–H and O–H groups in total. The highest BCUT2D eigenvalue weighted by molar-refractivity contribution is 7.99. The van der Waals surface area contributed by atoms with E-state index in [1.165, 1.54) is 13.2 Å². The standard InChI is InChI=1S/C18H19N3O4S/c1-3-9-21(14-7-5-4-6-8-14)16(23)12-26-18-19-13(10-15(22)20-18)11-17(24)25-2/h3-8,10H,1,9,11-12H2,2H3,(H,19,20,22). The van der Waals surface area contributed by atoms with E-state index in [4.69, 9.17) is 0 Å². The molecule has 1 amide bonds. The summed E-state index contributed by atoms with van der Waals surface area (Å²) in [5.41, 5.74) is 0.667. The number of para-hydroxylation sites is 1. The number of esters is 1. The largest absolute Gasteiger partial charge is 0.469 e. The van der Waals surface area contributed by atoms with Crippen molar-refractivity contribution in [2.75, 3.05) is 24.3 Å². The van der Waals surface area contributed by atoms with Gasteiger partial charge in [0.25, 0.3) is 5.56 Å². The average Bonchev–Trinajstić information content (AvgIpc) is 2.64. The van der Waals surface area contributed by atoms with Gasteiger partial charge < -0.3 is 14.6 Å². The number of methoxy groups -OCH3 is 1. The van der Waals surface area contributed by atoms with Crippen molar-refractivity contribution in [1.82, 2.24) is 9.97 Å². The summed E-state index contributed by atoms with van der Waals surface area (Å²) in [6, 6.07) is 10.5. The molecule has 1 heterocycles. The summed E-state index contributed by atoms with van der Waals surface area (Å²) in [5.74, 6) is -0.564. The van der Waals surface area contributed by atoms with E-state index < -0.39 is 5.97 Å². The lowest BCUT2D eigenvalue weighted by Crippen LogP contribution is -2.32. The first-order chi connectivity index (χ1) is 12.5. The maximum Gasteiger partial charge on any atom is 0.311 e. The molecule has 0 fully saturated rings. The van der Waals surface area contributed by atoms with Gasteiger partial charge >= 0.3 is 5.97 Å². The van der Waals surface area contributed by atoms with E-state index in [2.05, 4.69) is 21.3 Å². The summed E-state index contributed by atoms with van der Waals surface area (Å²) in [7, 11) is 1.27. The van der Waals surface area contributed by atoms with E-state index in [0.29, 0.717) is 12.2 Å². The number of anilines is 1. The van der Waals surface area contributed by atoms with Crippen LogP contribution in [-0.2, 0) is 20.7 Å². The predicted molar refractivity (Wildman–Crippen MR) is 100 cm³/mol. The molecule has 2 rings (SSSR count). The van der Waals surface area contributed by atoms with Crippen molar-refractivity contribution in [2.24, 2.45) is 0 Å². The fourth-order valence-electron chi connectivity index (χ4n) is 2.16. The first kappa shape index (κ1) is 19.5. The van der Waals surface area contributed by atoms with Crippen molar-refractivity contribution in [3.05, 3.63) is 65.1 Å². The minimum atomic E-state index is -0.489. The van der Waals surface area contributed by atoms with Crippen LogP contribution in [0.2, 0.25) is 0 Å². The zero-order valence-electron chi connectivity index (χ0n) is 14.3. The molecular weight excluding hydrogens is 354 g/mol. The van der Waals surface area contributed by atoms with Crippen LogP contribution in [0, 0.1) is 0 Å². The van der Waals surface area contributed by atoms with Gasteiger partial charge in [-0.1, -0.05) is 36.0 Å². The van der Waals surface area contributed by atoms with Crippen LogP contribution < -0.4 is 10.5 Å². The van der Waals surface area contributed by atoms with Crippen molar-refractivity contribution in [3.8, 4) is 0 Å². The summed E-state index contributed by atoms with van der Waals surface area (Å²) in [6.45, 7) is 4.05. The van der Waals surface area contributed by atoms with E-state index >= 15 is 0 Å². The van der Waals surface area contributed by atoms with Gasteiger partial charge in [-0.3, -0.25) is 14.4 Å². The van der Waals surface area contributed by atoms with E-state index in [0.717, 1.165) is 17.4 Å². The number of amides is 1. The van der Waals surface area contributed by atoms with E-state index in [1.807, 2.05) is 30.3 Å². The number of nitrogens with zero attached hydrogens (tertiary/aromatic N) is 2. The highest BCUT2D eigenvalue weighted by Gasteiger charge is 2.15. The molecule has 0 aliphatic heterocycles. The summed E-state index contributed by atoms with van der Waals surface area (Å²) >= 11 is 1.10. The molecule has 0 saturated heterocycles. The van der Waals surface area contributed by atoms with Gasteiger partial charge in [0.1, 0.15) is 0 Å². The minimum absolute atomic E-state index is 0.0767. The van der Waals surface area contributed by atoms with E-state index in [9.17, 15) is 14.4 Å². The van der Waals surface area contributed by atoms with Crippen LogP contribution in [-0.4, -0.2) is 41.3 Å². The third-order valence-electron chi connectivity index (χ3n) is 3.34. The normalized spacial score (nSPS) is 10.2. The Labute approximate surface area is 155 Å². The molecule has 1 aromatic heterocycles. The first-order valence-electron chi connectivity index (χ1n) is 7.79. The summed E-state index contributed by atoms with van der Waals surface area (Å²) < 4.78 is 4.57. The number of carbonyl (C=O) groups is 2. The summed E-state index contributed by atoms with van der Waals surface area (Å²) in [5, 5.41) is 0.274. The van der Waals surface area contributed by atoms with Crippen LogP contribution in [0.4, 0.5) is 5.69 Å². The Balaban J connectivity index is 2.09. The number of rotatable bonds is 8. The van der Waals surface area contributed by atoms with Crippen molar-refractivity contribution in [2.45, 2.75) is 11.6 Å². The van der Waals surface area contributed by atoms with Gasteiger partial charge in [0.2, 0.25) is 5.91 Å². The van der Waals surface area contributed by atoms with Gasteiger partial charge in [0.15, 0.2) is 5.16 Å². The van der Waals surface area contributed by atoms with Crippen LogP contribution in [0.25, 0.3) is 0 Å². The molecule has 1 aromatic carbocycles. The van der Waals surface area contributed by atoms with Crippen LogP contribution in [0.3, 0.4) is 0 Å². The van der Waals surface area contributed by atoms with Crippen molar-refractivity contribution in [3.63, 3.8) is 0 Å². The fraction of sp³-hybridized carbons (Fsp3) is 0.222. The Morgan fingerprint density at radius 3 is 2.73 bits per heavy atom. The average molecular weight is 373 g/mol. The maximum atomic E-state index is 12.6. The molecule has 0 atom stereocenters. The van der Waals surface area contributed by atoms with Crippen LogP contribution in [0.5, 0.6) is 0 Å². The molecule has 0 aliphatic carbocycles. The Hall–Kier alpha value is -2.87. The Morgan fingerprint density at radius 2 is 2.08 bits per heavy atom. The number of H-pyrrole nitrogens is 1. The molecule has 2 aromatic rings. The number of hydrogen-bond donors (Lipinski definition) is 1. The molecule has 136 valence electrons. The van der Waals surface area contributed by atoms with Gasteiger partial charge in [-0.15, -0.1) is 6.58 Å². The lowest BCUT2D eigenvalue weighted by atomic mass is 10.3. The highest BCUT2D eigenvalue weighted by Crippen LogP contribution is 2.18. The molecule has 8 heteroatoms. The SMILES string of the molecule is C=CCN(C(=O)CSc1nc(CC(=O)OC)cc(=O)[nH]1)c1ccccc1. The Kier molecular flexibility index (Phi) is 7.16. The monoisotopic (exact) mass is 373 g/mol. The second-order valence-corrected chi connectivity index (χ2v) is 6.18. The Morgan fingerprint density at radius 1 is 1.35 bits per heavy atom. The quantitative estimate of drug-likeness (QED) is 0.328. The minimum Gasteiger partial charge on any atom is -0.469 e. The number of nitrogens with one attached hydrogen (secondary N) is 1. The number of benzene rings is 1. The van der Waals surface area contributed by atoms with Gasteiger partial charge in [0.05, 0.1) is 25.0 Å². The third-order valence-corrected chi connectivity index (χ3v) is 4.20. The fourth-order valence-corrected chi connectivity index (χ4v) is 2.93. The maximum absolute atomic E-state index is 12.6. The molecule has 0 aliphatic rings. The number of aromatic nitrogens is 2. The van der Waals surface area contributed by atoms with Gasteiger partial charge in [0, 0.05) is 18.3 Å². The molecule has 0 radical (unpaired) electrons. The van der Waals surface area contributed by atoms with Crippen molar-refractivity contribution in [1.29, 1.82) is 0 Å². The molecule has 0 spiro atoms. The molecule has 26 heavy (non-hydrogen) atoms. The lowest BCUT2D eigenvalue weighted by Gasteiger charge is -2.21. The smallest absolute Gasteiger partial charge is 0.311 e. The summed E-state index contributed by atoms with van der Waals surface area (Å²) in [4.78, 5) is 44.0. The lowest BCUT2D eigenvalue weighted by molar-refractivity contribution is -0.139. The summed E-state index contributed by atoms with van der Waals surface area (Å²) in [6.07, 6.45) is 1.54. The molecule has 7 nitrogen and oxygen atoms in total. The first-order valence-corrected chi connectivity index (χ1v) is 8.78. The number of ether oxygens (including phenoxy) is 1.